The molecule has 0 aliphatic carbocycles. The maximum absolute atomic E-state index is 12.1. The molecule has 0 atom stereocenters. The Morgan fingerprint density at radius 2 is 1.95 bits per heavy atom. The van der Waals surface area contributed by atoms with Crippen molar-refractivity contribution in [1.29, 1.82) is 5.26 Å². The van der Waals surface area contributed by atoms with Gasteiger partial charge in [-0.3, -0.25) is 4.79 Å². The van der Waals surface area contributed by atoms with Crippen LogP contribution in [0.2, 0.25) is 0 Å². The Morgan fingerprint density at radius 1 is 1.25 bits per heavy atom. The molecule has 1 amide bonds. The normalized spacial score (nSPS) is 10.9. The first-order valence-electron chi connectivity index (χ1n) is 6.22. The number of nitriles is 1. The van der Waals surface area contributed by atoms with Crippen LogP contribution in [0, 0.1) is 18.3 Å². The zero-order chi connectivity index (χ0) is 14.5. The first-order chi connectivity index (χ1) is 9.61. The third kappa shape index (κ3) is 2.96. The monoisotopic (exact) mass is 265 g/mol. The Hall–Kier alpha value is -2.80. The lowest BCUT2D eigenvalue weighted by atomic mass is 10.2. The van der Waals surface area contributed by atoms with Crippen molar-refractivity contribution in [2.75, 3.05) is 5.32 Å². The third-order valence-corrected chi connectivity index (χ3v) is 3.10. The average Bonchev–Trinajstić information content (AvgIpc) is 2.77. The lowest BCUT2D eigenvalue weighted by Crippen LogP contribution is -2.13. The van der Waals surface area contributed by atoms with E-state index in [1.54, 1.807) is 18.2 Å². The standard InChI is InChI=1S/C16H15N3O/c1-12-8-9-15(19(12)2)10-13(11-17)16(20)18-14-6-4-3-5-7-14/h3-10H,1-2H3,(H,18,20)/b13-10-. The lowest BCUT2D eigenvalue weighted by molar-refractivity contribution is -0.112. The van der Waals surface area contributed by atoms with Crippen molar-refractivity contribution in [1.82, 2.24) is 4.57 Å². The summed E-state index contributed by atoms with van der Waals surface area (Å²) in [6.45, 7) is 1.97. The first-order valence-corrected chi connectivity index (χ1v) is 6.22. The van der Waals surface area contributed by atoms with Gasteiger partial charge in [0, 0.05) is 24.1 Å². The number of benzene rings is 1. The second kappa shape index (κ2) is 5.89. The first kappa shape index (κ1) is 13.6. The number of amides is 1. The molecule has 0 radical (unpaired) electrons. The van der Waals surface area contributed by atoms with Crippen LogP contribution in [0.5, 0.6) is 0 Å². The number of hydrogen-bond acceptors (Lipinski definition) is 2. The summed E-state index contributed by atoms with van der Waals surface area (Å²) >= 11 is 0. The van der Waals surface area contributed by atoms with Gasteiger partial charge in [0.05, 0.1) is 0 Å². The minimum atomic E-state index is -0.405. The summed E-state index contributed by atoms with van der Waals surface area (Å²) in [6, 6.07) is 14.8. The molecule has 4 heteroatoms. The second-order valence-electron chi connectivity index (χ2n) is 4.45. The maximum Gasteiger partial charge on any atom is 0.266 e. The van der Waals surface area contributed by atoms with Gasteiger partial charge in [-0.25, -0.2) is 0 Å². The summed E-state index contributed by atoms with van der Waals surface area (Å²) in [5.41, 5.74) is 2.64. The Labute approximate surface area is 118 Å². The van der Waals surface area contributed by atoms with Gasteiger partial charge in [-0.05, 0) is 37.3 Å². The molecule has 0 unspecified atom stereocenters. The molecular formula is C16H15N3O. The highest BCUT2D eigenvalue weighted by molar-refractivity contribution is 6.09. The van der Waals surface area contributed by atoms with Gasteiger partial charge in [0.1, 0.15) is 11.6 Å². The van der Waals surface area contributed by atoms with Crippen LogP contribution in [0.4, 0.5) is 5.69 Å². The minimum Gasteiger partial charge on any atom is -0.348 e. The number of nitrogens with zero attached hydrogens (tertiary/aromatic N) is 2. The van der Waals surface area contributed by atoms with E-state index in [9.17, 15) is 4.79 Å². The fourth-order valence-electron chi connectivity index (χ4n) is 1.79. The Morgan fingerprint density at radius 3 is 2.50 bits per heavy atom. The summed E-state index contributed by atoms with van der Waals surface area (Å²) in [7, 11) is 1.89. The van der Waals surface area contributed by atoms with Crippen LogP contribution in [-0.4, -0.2) is 10.5 Å². The molecule has 1 N–H and O–H groups in total. The van der Waals surface area contributed by atoms with Crippen molar-refractivity contribution in [2.45, 2.75) is 6.92 Å². The van der Waals surface area contributed by atoms with E-state index in [2.05, 4.69) is 5.32 Å². The molecule has 0 aliphatic rings. The number of hydrogen-bond donors (Lipinski definition) is 1. The molecule has 4 nitrogen and oxygen atoms in total. The number of aryl methyl sites for hydroxylation is 1. The molecule has 1 aromatic carbocycles. The van der Waals surface area contributed by atoms with E-state index in [1.165, 1.54) is 0 Å². The summed E-state index contributed by atoms with van der Waals surface area (Å²) in [6.07, 6.45) is 1.59. The zero-order valence-corrected chi connectivity index (χ0v) is 11.4. The van der Waals surface area contributed by atoms with Crippen molar-refractivity contribution in [3.63, 3.8) is 0 Å². The molecule has 100 valence electrons. The predicted octanol–water partition coefficient (Wildman–Crippen LogP) is 2.88. The van der Waals surface area contributed by atoms with E-state index >= 15 is 0 Å². The van der Waals surface area contributed by atoms with Gasteiger partial charge in [-0.1, -0.05) is 18.2 Å². The van der Waals surface area contributed by atoms with Crippen LogP contribution in [-0.2, 0) is 11.8 Å². The number of carbonyl (C=O) groups excluding carboxylic acids is 1. The Bertz CT molecular complexity index is 690. The smallest absolute Gasteiger partial charge is 0.266 e. The number of rotatable bonds is 3. The number of para-hydroxylation sites is 1. The predicted molar refractivity (Wildman–Crippen MR) is 78.8 cm³/mol. The van der Waals surface area contributed by atoms with Crippen LogP contribution in [0.1, 0.15) is 11.4 Å². The molecular weight excluding hydrogens is 250 g/mol. The van der Waals surface area contributed by atoms with Gasteiger partial charge >= 0.3 is 0 Å². The van der Waals surface area contributed by atoms with Gasteiger partial charge in [-0.2, -0.15) is 5.26 Å². The van der Waals surface area contributed by atoms with Crippen LogP contribution in [0.15, 0.2) is 48.0 Å². The molecule has 0 bridgehead atoms. The number of aromatic nitrogens is 1. The molecule has 0 fully saturated rings. The zero-order valence-electron chi connectivity index (χ0n) is 11.4. The summed E-state index contributed by atoms with van der Waals surface area (Å²) < 4.78 is 1.92. The van der Waals surface area contributed by atoms with E-state index in [4.69, 9.17) is 5.26 Å². The van der Waals surface area contributed by atoms with Gasteiger partial charge in [0.15, 0.2) is 0 Å². The van der Waals surface area contributed by atoms with Crippen LogP contribution in [0.3, 0.4) is 0 Å². The lowest BCUT2D eigenvalue weighted by Gasteiger charge is -2.04. The molecule has 0 saturated heterocycles. The summed E-state index contributed by atoms with van der Waals surface area (Å²) in [5, 5.41) is 11.8. The third-order valence-electron chi connectivity index (χ3n) is 3.10. The second-order valence-corrected chi connectivity index (χ2v) is 4.45. The summed E-state index contributed by atoms with van der Waals surface area (Å²) in [4.78, 5) is 12.1. The highest BCUT2D eigenvalue weighted by Gasteiger charge is 2.10. The molecule has 1 aromatic heterocycles. The number of carbonyl (C=O) groups is 1. The highest BCUT2D eigenvalue weighted by Crippen LogP contribution is 2.12. The van der Waals surface area contributed by atoms with Gasteiger partial charge in [0.2, 0.25) is 0 Å². The fourth-order valence-corrected chi connectivity index (χ4v) is 1.79. The number of anilines is 1. The van der Waals surface area contributed by atoms with Gasteiger partial charge in [-0.15, -0.1) is 0 Å². The van der Waals surface area contributed by atoms with Crippen molar-refractivity contribution >= 4 is 17.7 Å². The topological polar surface area (TPSA) is 57.8 Å². The maximum atomic E-state index is 12.1. The van der Waals surface area contributed by atoms with E-state index in [0.717, 1.165) is 11.4 Å². The largest absolute Gasteiger partial charge is 0.348 e. The molecule has 1 heterocycles. The molecule has 0 saturated carbocycles. The highest BCUT2D eigenvalue weighted by atomic mass is 16.1. The van der Waals surface area contributed by atoms with Gasteiger partial charge < -0.3 is 9.88 Å². The van der Waals surface area contributed by atoms with Gasteiger partial charge in [0.25, 0.3) is 5.91 Å². The SMILES string of the molecule is Cc1ccc(/C=C(/C#N)C(=O)Nc2ccccc2)n1C. The minimum absolute atomic E-state index is 0.0788. The van der Waals surface area contributed by atoms with E-state index in [1.807, 2.05) is 54.9 Å². The quantitative estimate of drug-likeness (QED) is 0.685. The number of nitrogens with one attached hydrogen (secondary N) is 1. The van der Waals surface area contributed by atoms with E-state index < -0.39 is 5.91 Å². The Balaban J connectivity index is 2.23. The van der Waals surface area contributed by atoms with Crippen LogP contribution >= 0.6 is 0 Å². The summed E-state index contributed by atoms with van der Waals surface area (Å²) in [5.74, 6) is -0.405. The fraction of sp³-hybridized carbons (Fsp3) is 0.125. The van der Waals surface area contributed by atoms with Crippen LogP contribution in [0.25, 0.3) is 6.08 Å². The van der Waals surface area contributed by atoms with E-state index in [-0.39, 0.29) is 5.57 Å². The van der Waals surface area contributed by atoms with Crippen LogP contribution < -0.4 is 5.32 Å². The molecule has 2 rings (SSSR count). The van der Waals surface area contributed by atoms with Crippen molar-refractivity contribution in [3.8, 4) is 6.07 Å². The molecule has 0 aliphatic heterocycles. The van der Waals surface area contributed by atoms with E-state index in [0.29, 0.717) is 5.69 Å². The Kier molecular flexibility index (Phi) is 4.02. The average molecular weight is 265 g/mol. The molecule has 0 spiro atoms. The van der Waals surface area contributed by atoms with Crippen molar-refractivity contribution in [2.24, 2.45) is 7.05 Å². The molecule has 2 aromatic rings. The van der Waals surface area contributed by atoms with Crippen molar-refractivity contribution in [3.05, 3.63) is 59.4 Å². The molecule has 20 heavy (non-hydrogen) atoms. The van der Waals surface area contributed by atoms with Crippen molar-refractivity contribution < 1.29 is 4.79 Å².